The highest BCUT2D eigenvalue weighted by Crippen LogP contribution is 2.36. The molecule has 9 nitrogen and oxygen atoms in total. The predicted octanol–water partition coefficient (Wildman–Crippen LogP) is 3.78. The van der Waals surface area contributed by atoms with Crippen LogP contribution in [0.2, 0.25) is 5.02 Å². The summed E-state index contributed by atoms with van der Waals surface area (Å²) in [5.74, 6) is 2.87. The van der Waals surface area contributed by atoms with E-state index in [0.717, 1.165) is 54.5 Å². The average molecular weight is 502 g/mol. The first-order valence-corrected chi connectivity index (χ1v) is 12.1. The van der Waals surface area contributed by atoms with Crippen molar-refractivity contribution < 1.29 is 19.1 Å². The monoisotopic (exact) mass is 501 g/mol. The summed E-state index contributed by atoms with van der Waals surface area (Å²) in [6, 6.07) is 5.31. The lowest BCUT2D eigenvalue weighted by atomic mass is 10.0. The Labute approximate surface area is 210 Å². The molecule has 1 aliphatic rings. The second kappa shape index (κ2) is 11.3. The van der Waals surface area contributed by atoms with Gasteiger partial charge >= 0.3 is 0 Å². The fourth-order valence-electron chi connectivity index (χ4n) is 4.11. The van der Waals surface area contributed by atoms with Crippen LogP contribution < -0.4 is 15.4 Å². The van der Waals surface area contributed by atoms with Crippen LogP contribution in [0, 0.1) is 26.7 Å². The van der Waals surface area contributed by atoms with E-state index in [2.05, 4.69) is 15.8 Å². The number of aryl methyl sites for hydroxylation is 2. The Kier molecular flexibility index (Phi) is 8.22. The Morgan fingerprint density at radius 2 is 2.09 bits per heavy atom. The normalized spacial score (nSPS) is 16.5. The number of anilines is 1. The van der Waals surface area contributed by atoms with Crippen LogP contribution in [0.5, 0.6) is 5.75 Å². The largest absolute Gasteiger partial charge is 0.491 e. The number of ether oxygens (including phenoxy) is 2. The molecule has 0 radical (unpaired) electrons. The molecule has 0 saturated carbocycles. The summed E-state index contributed by atoms with van der Waals surface area (Å²) in [4.78, 5) is 9.75. The zero-order chi connectivity index (χ0) is 24.9. The van der Waals surface area contributed by atoms with E-state index < -0.39 is 6.10 Å². The number of benzene rings is 1. The van der Waals surface area contributed by atoms with E-state index in [1.807, 2.05) is 20.8 Å². The van der Waals surface area contributed by atoms with Gasteiger partial charge in [-0.15, -0.1) is 0 Å². The van der Waals surface area contributed by atoms with Gasteiger partial charge < -0.3 is 29.7 Å². The van der Waals surface area contributed by atoms with Crippen molar-refractivity contribution in [1.29, 1.82) is 0 Å². The van der Waals surface area contributed by atoms with Crippen molar-refractivity contribution >= 4 is 17.4 Å². The van der Waals surface area contributed by atoms with Gasteiger partial charge in [-0.25, -0.2) is 9.97 Å². The molecule has 10 heteroatoms. The molecule has 1 saturated heterocycles. The van der Waals surface area contributed by atoms with Gasteiger partial charge in [0.2, 0.25) is 0 Å². The van der Waals surface area contributed by atoms with Crippen LogP contribution in [-0.4, -0.2) is 66.3 Å². The number of nitrogens with one attached hydrogen (secondary N) is 2. The maximum atomic E-state index is 9.99. The van der Waals surface area contributed by atoms with Crippen LogP contribution in [0.3, 0.4) is 0 Å². The summed E-state index contributed by atoms with van der Waals surface area (Å²) < 4.78 is 16.7. The van der Waals surface area contributed by atoms with Crippen LogP contribution in [0.15, 0.2) is 22.7 Å². The zero-order valence-electron chi connectivity index (χ0n) is 20.5. The molecule has 1 fully saturated rings. The molecular weight excluding hydrogens is 470 g/mol. The van der Waals surface area contributed by atoms with E-state index in [0.29, 0.717) is 40.4 Å². The van der Waals surface area contributed by atoms with Gasteiger partial charge in [-0.05, 0) is 52.4 Å². The molecule has 3 aromatic rings. The minimum absolute atomic E-state index is 0.150. The molecule has 1 aliphatic heterocycles. The molecule has 0 unspecified atom stereocenters. The highest BCUT2D eigenvalue weighted by molar-refractivity contribution is 6.33. The van der Waals surface area contributed by atoms with Crippen LogP contribution in [0.4, 0.5) is 5.82 Å². The number of rotatable bonds is 10. The van der Waals surface area contributed by atoms with Gasteiger partial charge in [0.25, 0.3) is 0 Å². The Hall–Kier alpha value is -2.72. The Balaban J connectivity index is 1.72. The SMILES string of the molecule is CNC[C@@H](O)COc1ccc(Cl)c(-c2nc(NC[C@@H]3CCOC3)c(C)c(-c3c(C)noc3C)n2)c1. The van der Waals surface area contributed by atoms with E-state index in [-0.39, 0.29) is 6.61 Å². The third-order valence-corrected chi connectivity index (χ3v) is 6.39. The van der Waals surface area contributed by atoms with Gasteiger partial charge in [-0.1, -0.05) is 16.8 Å². The second-order valence-electron chi connectivity index (χ2n) is 8.84. The highest BCUT2D eigenvalue weighted by Gasteiger charge is 2.22. The molecule has 0 amide bonds. The number of aliphatic hydroxyl groups excluding tert-OH is 1. The second-order valence-corrected chi connectivity index (χ2v) is 9.25. The van der Waals surface area contributed by atoms with E-state index in [9.17, 15) is 5.11 Å². The molecule has 0 spiro atoms. The number of aliphatic hydroxyl groups is 1. The first kappa shape index (κ1) is 25.4. The summed E-state index contributed by atoms with van der Waals surface area (Å²) in [5.41, 5.74) is 3.88. The van der Waals surface area contributed by atoms with E-state index >= 15 is 0 Å². The summed E-state index contributed by atoms with van der Waals surface area (Å²) in [6.45, 7) is 8.62. The Morgan fingerprint density at radius 1 is 1.26 bits per heavy atom. The highest BCUT2D eigenvalue weighted by atomic mass is 35.5. The third kappa shape index (κ3) is 5.92. The lowest BCUT2D eigenvalue weighted by Crippen LogP contribution is -2.29. The molecule has 1 aromatic carbocycles. The minimum Gasteiger partial charge on any atom is -0.491 e. The van der Waals surface area contributed by atoms with Crippen molar-refractivity contribution in [3.05, 3.63) is 40.2 Å². The maximum absolute atomic E-state index is 9.99. The average Bonchev–Trinajstić information content (AvgIpc) is 3.48. The molecule has 0 aliphatic carbocycles. The molecule has 0 bridgehead atoms. The zero-order valence-corrected chi connectivity index (χ0v) is 21.3. The molecule has 188 valence electrons. The molecule has 35 heavy (non-hydrogen) atoms. The van der Waals surface area contributed by atoms with Gasteiger partial charge in [-0.2, -0.15) is 0 Å². The molecule has 2 atom stereocenters. The lowest BCUT2D eigenvalue weighted by Gasteiger charge is -2.17. The van der Waals surface area contributed by atoms with Gasteiger partial charge in [0.15, 0.2) is 5.82 Å². The summed E-state index contributed by atoms with van der Waals surface area (Å²) >= 11 is 6.59. The smallest absolute Gasteiger partial charge is 0.163 e. The first-order valence-electron chi connectivity index (χ1n) is 11.8. The van der Waals surface area contributed by atoms with Crippen LogP contribution in [0.1, 0.15) is 23.4 Å². The van der Waals surface area contributed by atoms with E-state index in [1.54, 1.807) is 25.2 Å². The van der Waals surface area contributed by atoms with Gasteiger partial charge in [0.05, 0.1) is 28.6 Å². The number of aromatic nitrogens is 3. The molecule has 3 heterocycles. The minimum atomic E-state index is -0.628. The first-order chi connectivity index (χ1) is 16.9. The molecule has 3 N–H and O–H groups in total. The fraction of sp³-hybridized carbons (Fsp3) is 0.480. The molecule has 2 aromatic heterocycles. The van der Waals surface area contributed by atoms with Crippen molar-refractivity contribution in [3.8, 4) is 28.4 Å². The van der Waals surface area contributed by atoms with Crippen LogP contribution in [0.25, 0.3) is 22.6 Å². The van der Waals surface area contributed by atoms with Gasteiger partial charge in [0, 0.05) is 36.7 Å². The summed E-state index contributed by atoms with van der Waals surface area (Å²) in [5, 5.41) is 21.0. The van der Waals surface area contributed by atoms with E-state index in [4.69, 9.17) is 35.6 Å². The summed E-state index contributed by atoms with van der Waals surface area (Å²) in [7, 11) is 1.78. The molecule has 4 rings (SSSR count). The van der Waals surface area contributed by atoms with Gasteiger partial charge in [-0.3, -0.25) is 0 Å². The van der Waals surface area contributed by atoms with E-state index in [1.165, 1.54) is 0 Å². The maximum Gasteiger partial charge on any atom is 0.163 e. The number of likely N-dealkylation sites (N-methyl/N-ethyl adjacent to an activating group) is 1. The van der Waals surface area contributed by atoms with Crippen LogP contribution >= 0.6 is 11.6 Å². The third-order valence-electron chi connectivity index (χ3n) is 6.06. The molecular formula is C25H32ClN5O4. The van der Waals surface area contributed by atoms with Crippen molar-refractivity contribution in [1.82, 2.24) is 20.4 Å². The standard InChI is InChI=1S/C25H32ClN5O4/c1-14-23(22-15(2)31-35-16(22)3)29-25(30-24(14)28-10-17-7-8-33-12-17)20-9-19(5-6-21(20)26)34-13-18(32)11-27-4/h5-6,9,17-18,27,32H,7-8,10-13H2,1-4H3,(H,28,29,30)/t17-,18+/m0/s1. The fourth-order valence-corrected chi connectivity index (χ4v) is 4.31. The van der Waals surface area contributed by atoms with Crippen molar-refractivity contribution in [2.75, 3.05) is 45.3 Å². The Morgan fingerprint density at radius 3 is 2.77 bits per heavy atom. The Bertz CT molecular complexity index is 1140. The quantitative estimate of drug-likeness (QED) is 0.381. The number of halogens is 1. The lowest BCUT2D eigenvalue weighted by molar-refractivity contribution is 0.108. The number of hydrogen-bond donors (Lipinski definition) is 3. The number of nitrogens with zero attached hydrogens (tertiary/aromatic N) is 3. The van der Waals surface area contributed by atoms with Crippen molar-refractivity contribution in [2.45, 2.75) is 33.3 Å². The van der Waals surface area contributed by atoms with Crippen molar-refractivity contribution in [2.24, 2.45) is 5.92 Å². The topological polar surface area (TPSA) is 115 Å². The van der Waals surface area contributed by atoms with Gasteiger partial charge in [0.1, 0.15) is 30.0 Å². The van der Waals surface area contributed by atoms with Crippen molar-refractivity contribution in [3.63, 3.8) is 0 Å². The number of hydrogen-bond acceptors (Lipinski definition) is 9. The summed E-state index contributed by atoms with van der Waals surface area (Å²) in [6.07, 6.45) is 0.391. The van der Waals surface area contributed by atoms with Crippen LogP contribution in [-0.2, 0) is 4.74 Å². The predicted molar refractivity (Wildman–Crippen MR) is 135 cm³/mol.